The molecule has 0 bridgehead atoms. The summed E-state index contributed by atoms with van der Waals surface area (Å²) in [7, 11) is -3.73. The zero-order valence-electron chi connectivity index (χ0n) is 11.0. The topological polar surface area (TPSA) is 72.8 Å². The fourth-order valence-corrected chi connectivity index (χ4v) is 3.09. The van der Waals surface area contributed by atoms with Crippen LogP contribution in [0.2, 0.25) is 0 Å². The van der Waals surface area contributed by atoms with Crippen molar-refractivity contribution in [1.29, 1.82) is 0 Å². The molecule has 2 rings (SSSR count). The Labute approximate surface area is 122 Å². The van der Waals surface area contributed by atoms with Gasteiger partial charge in [-0.15, -0.1) is 4.91 Å². The molecule has 0 spiro atoms. The van der Waals surface area contributed by atoms with E-state index in [9.17, 15) is 13.3 Å². The maximum absolute atomic E-state index is 12.6. The molecular formula is C15H13NO4S. The molecule has 2 aromatic rings. The Morgan fingerprint density at radius 1 is 1.00 bits per heavy atom. The van der Waals surface area contributed by atoms with Crippen LogP contribution >= 0.6 is 0 Å². The summed E-state index contributed by atoms with van der Waals surface area (Å²) in [5.74, 6) is 0. The minimum absolute atomic E-state index is 0.0282. The molecule has 0 heterocycles. The second kappa shape index (κ2) is 6.81. The summed E-state index contributed by atoms with van der Waals surface area (Å²) in [6.45, 7) is -0.407. The first kappa shape index (κ1) is 14.9. The third-order valence-electron chi connectivity index (χ3n) is 2.79. The Morgan fingerprint density at radius 3 is 2.14 bits per heavy atom. The Balaban J connectivity index is 2.45. The molecule has 21 heavy (non-hydrogen) atoms. The Bertz CT molecular complexity index is 725. The van der Waals surface area contributed by atoms with E-state index >= 15 is 0 Å². The highest BCUT2D eigenvalue weighted by Gasteiger charge is 2.21. The van der Waals surface area contributed by atoms with E-state index in [4.69, 9.17) is 0 Å². The van der Waals surface area contributed by atoms with E-state index in [0.29, 0.717) is 5.56 Å². The predicted octanol–water partition coefficient (Wildman–Crippen LogP) is 3.20. The largest absolute Gasteiger partial charge is 0.358 e. The lowest BCUT2D eigenvalue weighted by Gasteiger charge is -2.08. The molecule has 0 aromatic heterocycles. The fourth-order valence-electron chi connectivity index (χ4n) is 1.77. The highest BCUT2D eigenvalue weighted by molar-refractivity contribution is 7.95. The van der Waals surface area contributed by atoms with Gasteiger partial charge in [-0.2, -0.15) is 0 Å². The van der Waals surface area contributed by atoms with E-state index < -0.39 is 16.4 Å². The van der Waals surface area contributed by atoms with Crippen LogP contribution in [-0.2, 0) is 14.7 Å². The molecule has 0 saturated heterocycles. The third-order valence-corrected chi connectivity index (χ3v) is 4.60. The molecule has 0 aliphatic rings. The summed E-state index contributed by atoms with van der Waals surface area (Å²) in [5, 5.41) is 2.27. The molecule has 0 amide bonds. The van der Waals surface area contributed by atoms with Crippen molar-refractivity contribution in [3.05, 3.63) is 76.0 Å². The molecule has 0 radical (unpaired) electrons. The summed E-state index contributed by atoms with van der Waals surface area (Å²) >= 11 is 0. The van der Waals surface area contributed by atoms with Gasteiger partial charge >= 0.3 is 0 Å². The fraction of sp³-hybridized carbons (Fsp3) is 0.0667. The summed E-state index contributed by atoms with van der Waals surface area (Å²) in [5.41, 5.74) is 0.696. The lowest BCUT2D eigenvalue weighted by atomic mass is 10.2. The number of sulfone groups is 1. The summed E-state index contributed by atoms with van der Waals surface area (Å²) in [4.78, 5) is 14.6. The molecule has 5 nitrogen and oxygen atoms in total. The van der Waals surface area contributed by atoms with Gasteiger partial charge in [-0.1, -0.05) is 48.5 Å². The van der Waals surface area contributed by atoms with Gasteiger partial charge in [0, 0.05) is 0 Å². The van der Waals surface area contributed by atoms with E-state index in [1.54, 1.807) is 42.5 Å². The van der Waals surface area contributed by atoms with Crippen LogP contribution in [0.1, 0.15) is 5.56 Å². The Kier molecular flexibility index (Phi) is 4.84. The van der Waals surface area contributed by atoms with Gasteiger partial charge in [-0.25, -0.2) is 8.42 Å². The van der Waals surface area contributed by atoms with E-state index in [1.165, 1.54) is 18.2 Å². The molecule has 0 fully saturated rings. The summed E-state index contributed by atoms with van der Waals surface area (Å²) < 4.78 is 25.1. The Morgan fingerprint density at radius 2 is 1.57 bits per heavy atom. The molecular weight excluding hydrogens is 290 g/mol. The lowest BCUT2D eigenvalue weighted by Crippen LogP contribution is -2.09. The second-order valence-corrected chi connectivity index (χ2v) is 6.19. The predicted molar refractivity (Wildman–Crippen MR) is 79.8 cm³/mol. The van der Waals surface area contributed by atoms with Crippen LogP contribution in [0.3, 0.4) is 0 Å². The van der Waals surface area contributed by atoms with Gasteiger partial charge in [-0.3, -0.25) is 0 Å². The minimum Gasteiger partial charge on any atom is -0.358 e. The minimum atomic E-state index is -3.73. The van der Waals surface area contributed by atoms with Gasteiger partial charge in [0.2, 0.25) is 9.84 Å². The second-order valence-electron chi connectivity index (χ2n) is 4.19. The first-order chi connectivity index (χ1) is 10.1. The third kappa shape index (κ3) is 3.76. The number of hydrogen-bond donors (Lipinski definition) is 0. The maximum atomic E-state index is 12.6. The average Bonchev–Trinajstić information content (AvgIpc) is 2.53. The van der Waals surface area contributed by atoms with Crippen molar-refractivity contribution in [3.63, 3.8) is 0 Å². The van der Waals surface area contributed by atoms with Gasteiger partial charge in [0.1, 0.15) is 0 Å². The highest BCUT2D eigenvalue weighted by atomic mass is 32.2. The first-order valence-electron chi connectivity index (χ1n) is 6.15. The van der Waals surface area contributed by atoms with Crippen molar-refractivity contribution in [2.75, 3.05) is 6.61 Å². The lowest BCUT2D eigenvalue weighted by molar-refractivity contribution is 0.167. The molecule has 0 aliphatic heterocycles. The Hall–Kier alpha value is -2.47. The van der Waals surface area contributed by atoms with Crippen LogP contribution in [0.25, 0.3) is 6.08 Å². The monoisotopic (exact) mass is 303 g/mol. The van der Waals surface area contributed by atoms with Crippen molar-refractivity contribution in [3.8, 4) is 0 Å². The van der Waals surface area contributed by atoms with Gasteiger partial charge in [-0.05, 0) is 23.8 Å². The van der Waals surface area contributed by atoms with Gasteiger partial charge in [0.05, 0.1) is 9.80 Å². The zero-order chi connectivity index (χ0) is 15.1. The van der Waals surface area contributed by atoms with E-state index in [0.717, 1.165) is 0 Å². The van der Waals surface area contributed by atoms with Crippen LogP contribution < -0.4 is 0 Å². The molecule has 0 atom stereocenters. The molecule has 6 heteroatoms. The van der Waals surface area contributed by atoms with Crippen LogP contribution in [-0.4, -0.2) is 15.0 Å². The zero-order valence-corrected chi connectivity index (χ0v) is 11.9. The van der Waals surface area contributed by atoms with Crippen molar-refractivity contribution < 1.29 is 13.3 Å². The SMILES string of the molecule is O=NOCC(=Cc1ccccc1)S(=O)(=O)c1ccccc1. The van der Waals surface area contributed by atoms with E-state index in [-0.39, 0.29) is 9.80 Å². The van der Waals surface area contributed by atoms with Crippen molar-refractivity contribution in [2.45, 2.75) is 4.90 Å². The summed E-state index contributed by atoms with van der Waals surface area (Å²) in [6, 6.07) is 16.9. The quantitative estimate of drug-likeness (QED) is 0.607. The first-order valence-corrected chi connectivity index (χ1v) is 7.63. The molecule has 0 unspecified atom stereocenters. The molecule has 0 saturated carbocycles. The number of nitrogens with zero attached hydrogens (tertiary/aromatic N) is 1. The standard InChI is InChI=1S/C15H13NO4S/c17-16-20-12-15(11-13-7-3-1-4-8-13)21(18,19)14-9-5-2-6-10-14/h1-11H,12H2. The molecule has 2 aromatic carbocycles. The van der Waals surface area contributed by atoms with Crippen LogP contribution in [0.15, 0.2) is 75.8 Å². The molecule has 108 valence electrons. The maximum Gasteiger partial charge on any atom is 0.206 e. The van der Waals surface area contributed by atoms with Crippen LogP contribution in [0, 0.1) is 4.91 Å². The number of rotatable bonds is 6. The van der Waals surface area contributed by atoms with Crippen LogP contribution in [0.4, 0.5) is 0 Å². The number of hydrogen-bond acceptors (Lipinski definition) is 5. The van der Waals surface area contributed by atoms with Crippen molar-refractivity contribution in [2.24, 2.45) is 5.34 Å². The van der Waals surface area contributed by atoms with E-state index in [2.05, 4.69) is 10.2 Å². The summed E-state index contributed by atoms with van der Waals surface area (Å²) in [6.07, 6.45) is 1.47. The van der Waals surface area contributed by atoms with E-state index in [1.807, 2.05) is 6.07 Å². The van der Waals surface area contributed by atoms with Gasteiger partial charge in [0.25, 0.3) is 0 Å². The normalized spacial score (nSPS) is 11.9. The van der Waals surface area contributed by atoms with Gasteiger partial charge < -0.3 is 4.84 Å². The van der Waals surface area contributed by atoms with Crippen LogP contribution in [0.5, 0.6) is 0 Å². The van der Waals surface area contributed by atoms with Gasteiger partial charge in [0.15, 0.2) is 11.9 Å². The van der Waals surface area contributed by atoms with Crippen molar-refractivity contribution in [1.82, 2.24) is 0 Å². The van der Waals surface area contributed by atoms with Crippen molar-refractivity contribution >= 4 is 15.9 Å². The molecule has 0 N–H and O–H groups in total. The molecule has 0 aliphatic carbocycles. The highest BCUT2D eigenvalue weighted by Crippen LogP contribution is 2.21. The number of benzene rings is 2. The average molecular weight is 303 g/mol. The smallest absolute Gasteiger partial charge is 0.206 e.